The van der Waals surface area contributed by atoms with Gasteiger partial charge in [-0.05, 0) is 41.8 Å². The summed E-state index contributed by atoms with van der Waals surface area (Å²) in [6.07, 6.45) is 0. The number of benzene rings is 1. The molecule has 1 aromatic heterocycles. The second-order valence-corrected chi connectivity index (χ2v) is 6.88. The summed E-state index contributed by atoms with van der Waals surface area (Å²) in [4.78, 5) is 0. The van der Waals surface area contributed by atoms with Gasteiger partial charge in [-0.2, -0.15) is 5.26 Å². The zero-order chi connectivity index (χ0) is 14.8. The maximum atomic E-state index is 8.77. The van der Waals surface area contributed by atoms with Gasteiger partial charge in [0.05, 0.1) is 11.3 Å². The molecule has 0 N–H and O–H groups in total. The lowest BCUT2D eigenvalue weighted by atomic mass is 9.87. The minimum atomic E-state index is -0.202. The van der Waals surface area contributed by atoms with Crippen molar-refractivity contribution in [3.63, 3.8) is 0 Å². The predicted molar refractivity (Wildman–Crippen MR) is 79.4 cm³/mol. The third-order valence-electron chi connectivity index (χ3n) is 2.86. The molecule has 0 aliphatic heterocycles. The summed E-state index contributed by atoms with van der Waals surface area (Å²) in [6.45, 7) is 8.32. The van der Waals surface area contributed by atoms with Crippen LogP contribution >= 0.6 is 11.8 Å². The van der Waals surface area contributed by atoms with Crippen LogP contribution in [-0.4, -0.2) is 15.4 Å². The van der Waals surface area contributed by atoms with Crippen molar-refractivity contribution in [2.45, 2.75) is 43.6 Å². The molecule has 0 aliphatic rings. The van der Waals surface area contributed by atoms with Crippen LogP contribution in [0.25, 0.3) is 11.5 Å². The maximum absolute atomic E-state index is 8.77. The van der Waals surface area contributed by atoms with Crippen molar-refractivity contribution in [1.82, 2.24) is 10.2 Å². The Morgan fingerprint density at radius 1 is 1.20 bits per heavy atom. The molecule has 104 valence electrons. The first-order chi connectivity index (χ1) is 9.40. The van der Waals surface area contributed by atoms with Crippen molar-refractivity contribution >= 4 is 11.8 Å². The third-order valence-corrected chi connectivity index (χ3v) is 3.69. The molecular weight excluding hydrogens is 270 g/mol. The Hall–Kier alpha value is -1.80. The molecule has 0 spiro atoms. The fourth-order valence-corrected chi connectivity index (χ4v) is 2.23. The Morgan fingerprint density at radius 3 is 2.40 bits per heavy atom. The number of hydrogen-bond acceptors (Lipinski definition) is 5. The average Bonchev–Trinajstić information content (AvgIpc) is 2.86. The molecule has 0 fully saturated rings. The summed E-state index contributed by atoms with van der Waals surface area (Å²) in [5, 5.41) is 17.0. The van der Waals surface area contributed by atoms with E-state index >= 15 is 0 Å². The molecule has 1 aromatic carbocycles. The van der Waals surface area contributed by atoms with Crippen molar-refractivity contribution in [2.75, 3.05) is 0 Å². The van der Waals surface area contributed by atoms with Gasteiger partial charge < -0.3 is 4.42 Å². The van der Waals surface area contributed by atoms with Gasteiger partial charge in [0.15, 0.2) is 0 Å². The fourth-order valence-electron chi connectivity index (χ4n) is 1.66. The number of thioether (sulfide) groups is 1. The highest BCUT2D eigenvalue weighted by molar-refractivity contribution is 7.99. The minimum Gasteiger partial charge on any atom is -0.411 e. The Bertz CT molecular complexity index is 620. The van der Waals surface area contributed by atoms with E-state index in [0.29, 0.717) is 11.1 Å². The molecule has 0 saturated carbocycles. The molecule has 1 heterocycles. The normalized spacial score (nSPS) is 12.9. The molecule has 0 saturated heterocycles. The van der Waals surface area contributed by atoms with Gasteiger partial charge in [0.2, 0.25) is 5.89 Å². The Morgan fingerprint density at radius 2 is 1.85 bits per heavy atom. The summed E-state index contributed by atoms with van der Waals surface area (Å²) < 4.78 is 5.56. The van der Waals surface area contributed by atoms with Crippen LogP contribution in [-0.2, 0) is 5.41 Å². The van der Waals surface area contributed by atoms with Gasteiger partial charge in [0, 0.05) is 5.56 Å². The van der Waals surface area contributed by atoms with E-state index in [4.69, 9.17) is 9.68 Å². The Kier molecular flexibility index (Phi) is 4.15. The van der Waals surface area contributed by atoms with Crippen molar-refractivity contribution < 1.29 is 4.42 Å². The average molecular weight is 287 g/mol. The highest BCUT2D eigenvalue weighted by Gasteiger charge is 2.15. The lowest BCUT2D eigenvalue weighted by Crippen LogP contribution is -2.10. The van der Waals surface area contributed by atoms with E-state index in [1.54, 1.807) is 6.92 Å². The van der Waals surface area contributed by atoms with E-state index in [9.17, 15) is 0 Å². The minimum absolute atomic E-state index is 0.122. The number of rotatable bonds is 3. The fraction of sp³-hybridized carbons (Fsp3) is 0.400. The van der Waals surface area contributed by atoms with Crippen LogP contribution in [0, 0.1) is 11.3 Å². The van der Waals surface area contributed by atoms with E-state index in [1.807, 2.05) is 12.1 Å². The highest BCUT2D eigenvalue weighted by Crippen LogP contribution is 2.28. The topological polar surface area (TPSA) is 62.7 Å². The van der Waals surface area contributed by atoms with Gasteiger partial charge >= 0.3 is 0 Å². The number of aromatic nitrogens is 2. The summed E-state index contributed by atoms with van der Waals surface area (Å²) in [5.74, 6) is 0.484. The van der Waals surface area contributed by atoms with Gasteiger partial charge in [-0.1, -0.05) is 32.9 Å². The molecule has 2 rings (SSSR count). The first kappa shape index (κ1) is 14.6. The van der Waals surface area contributed by atoms with Gasteiger partial charge in [0.1, 0.15) is 0 Å². The SMILES string of the molecule is CC(C#N)Sc1nnc(-c2ccc(C(C)(C)C)cc2)o1. The van der Waals surface area contributed by atoms with Gasteiger partial charge in [-0.3, -0.25) is 0 Å². The second kappa shape index (κ2) is 5.68. The van der Waals surface area contributed by atoms with Crippen molar-refractivity contribution in [2.24, 2.45) is 0 Å². The molecule has 5 heteroatoms. The van der Waals surface area contributed by atoms with Crippen LogP contribution in [0.15, 0.2) is 33.9 Å². The zero-order valence-electron chi connectivity index (χ0n) is 12.0. The van der Waals surface area contributed by atoms with E-state index in [-0.39, 0.29) is 10.7 Å². The van der Waals surface area contributed by atoms with Crippen molar-refractivity contribution in [3.05, 3.63) is 29.8 Å². The summed E-state index contributed by atoms with van der Waals surface area (Å²) in [6, 6.07) is 10.2. The van der Waals surface area contributed by atoms with Crippen LogP contribution in [0.1, 0.15) is 33.3 Å². The van der Waals surface area contributed by atoms with E-state index in [0.717, 1.165) is 5.56 Å². The quantitative estimate of drug-likeness (QED) is 0.797. The van der Waals surface area contributed by atoms with Crippen LogP contribution in [0.5, 0.6) is 0 Å². The molecule has 20 heavy (non-hydrogen) atoms. The van der Waals surface area contributed by atoms with E-state index in [1.165, 1.54) is 17.3 Å². The standard InChI is InChI=1S/C15H17N3OS/c1-10(9-16)20-14-18-17-13(19-14)11-5-7-12(8-6-11)15(2,3)4/h5-8,10H,1-4H3. The van der Waals surface area contributed by atoms with Crippen LogP contribution in [0.3, 0.4) is 0 Å². The third kappa shape index (κ3) is 3.40. The van der Waals surface area contributed by atoms with Crippen molar-refractivity contribution in [3.8, 4) is 17.5 Å². The van der Waals surface area contributed by atoms with Crippen LogP contribution in [0.2, 0.25) is 0 Å². The molecule has 0 bridgehead atoms. The van der Waals surface area contributed by atoms with Gasteiger partial charge in [-0.25, -0.2) is 0 Å². The molecule has 0 radical (unpaired) electrons. The largest absolute Gasteiger partial charge is 0.411 e. The maximum Gasteiger partial charge on any atom is 0.278 e. The van der Waals surface area contributed by atoms with Gasteiger partial charge in [0.25, 0.3) is 5.22 Å². The summed E-state index contributed by atoms with van der Waals surface area (Å²) in [5.41, 5.74) is 2.27. The van der Waals surface area contributed by atoms with E-state index in [2.05, 4.69) is 49.2 Å². The number of hydrogen-bond donors (Lipinski definition) is 0. The Balaban J connectivity index is 2.19. The molecule has 2 aromatic rings. The second-order valence-electron chi connectivity index (χ2n) is 5.59. The molecule has 4 nitrogen and oxygen atoms in total. The summed E-state index contributed by atoms with van der Waals surface area (Å²) in [7, 11) is 0. The van der Waals surface area contributed by atoms with E-state index < -0.39 is 0 Å². The monoisotopic (exact) mass is 287 g/mol. The van der Waals surface area contributed by atoms with Gasteiger partial charge in [-0.15, -0.1) is 10.2 Å². The predicted octanol–water partition coefficient (Wildman–Crippen LogP) is 4.04. The Labute approximate surface area is 123 Å². The molecule has 0 aliphatic carbocycles. The first-order valence-corrected chi connectivity index (χ1v) is 7.29. The lowest BCUT2D eigenvalue weighted by molar-refractivity contribution is 0.465. The lowest BCUT2D eigenvalue weighted by Gasteiger charge is -2.18. The molecule has 1 unspecified atom stereocenters. The van der Waals surface area contributed by atoms with Crippen molar-refractivity contribution in [1.29, 1.82) is 5.26 Å². The van der Waals surface area contributed by atoms with Crippen LogP contribution < -0.4 is 0 Å². The smallest absolute Gasteiger partial charge is 0.278 e. The summed E-state index contributed by atoms with van der Waals surface area (Å²) >= 11 is 1.27. The zero-order valence-corrected chi connectivity index (χ0v) is 12.9. The number of nitriles is 1. The molecular formula is C15H17N3OS. The molecule has 0 amide bonds. The molecule has 1 atom stereocenters. The highest BCUT2D eigenvalue weighted by atomic mass is 32.2. The first-order valence-electron chi connectivity index (χ1n) is 6.41. The number of nitrogens with zero attached hydrogens (tertiary/aromatic N) is 3. The van der Waals surface area contributed by atoms with Crippen LogP contribution in [0.4, 0.5) is 0 Å².